The van der Waals surface area contributed by atoms with E-state index in [0.29, 0.717) is 12.5 Å². The lowest BCUT2D eigenvalue weighted by Gasteiger charge is -2.16. The van der Waals surface area contributed by atoms with Crippen LogP contribution in [0.15, 0.2) is 9.52 Å². The highest BCUT2D eigenvalue weighted by Gasteiger charge is 2.13. The third kappa shape index (κ3) is 6.14. The second kappa shape index (κ2) is 11.7. The highest BCUT2D eigenvalue weighted by molar-refractivity contribution is 14.0. The molecular weight excluding hydrogens is 391 g/mol. The zero-order valence-corrected chi connectivity index (χ0v) is 16.9. The molecule has 6 heteroatoms. The molecule has 0 unspecified atom stereocenters. The number of guanidine groups is 1. The predicted molar refractivity (Wildman–Crippen MR) is 103 cm³/mol. The second-order valence-corrected chi connectivity index (χ2v) is 5.23. The first kappa shape index (κ1) is 21.2. The number of nitrogens with zero attached hydrogens (tertiary/aromatic N) is 2. The third-order valence-electron chi connectivity index (χ3n) is 3.98. The molecule has 0 radical (unpaired) electrons. The minimum atomic E-state index is 0. The molecule has 0 atom stereocenters. The molecule has 0 saturated heterocycles. The molecule has 1 aromatic heterocycles. The number of aryl methyl sites for hydroxylation is 2. The van der Waals surface area contributed by atoms with E-state index < -0.39 is 0 Å². The fourth-order valence-corrected chi connectivity index (χ4v) is 2.35. The number of rotatable bonds is 8. The van der Waals surface area contributed by atoms with Crippen molar-refractivity contribution in [3.05, 3.63) is 17.0 Å². The van der Waals surface area contributed by atoms with Gasteiger partial charge < -0.3 is 15.2 Å². The van der Waals surface area contributed by atoms with Crippen molar-refractivity contribution < 1.29 is 4.52 Å². The molecule has 2 N–H and O–H groups in total. The van der Waals surface area contributed by atoms with Crippen molar-refractivity contribution in [2.45, 2.75) is 59.9 Å². The van der Waals surface area contributed by atoms with E-state index in [2.05, 4.69) is 48.5 Å². The first-order chi connectivity index (χ1) is 10.2. The first-order valence-electron chi connectivity index (χ1n) is 8.10. The van der Waals surface area contributed by atoms with Crippen molar-refractivity contribution in [3.8, 4) is 0 Å². The quantitative estimate of drug-likeness (QED) is 0.382. The Balaban J connectivity index is 0.00000441. The molecule has 0 aromatic carbocycles. The van der Waals surface area contributed by atoms with E-state index in [4.69, 9.17) is 4.52 Å². The summed E-state index contributed by atoms with van der Waals surface area (Å²) in [5, 5.41) is 10.9. The summed E-state index contributed by atoms with van der Waals surface area (Å²) in [5.74, 6) is 2.50. The van der Waals surface area contributed by atoms with Crippen LogP contribution >= 0.6 is 24.0 Å². The highest BCUT2D eigenvalue weighted by atomic mass is 127. The van der Waals surface area contributed by atoms with Gasteiger partial charge in [0.2, 0.25) is 0 Å². The maximum atomic E-state index is 5.38. The molecule has 0 bridgehead atoms. The van der Waals surface area contributed by atoms with Gasteiger partial charge in [-0.2, -0.15) is 0 Å². The molecule has 0 aliphatic rings. The Kier molecular flexibility index (Phi) is 11.3. The molecule has 0 aliphatic heterocycles. The second-order valence-electron chi connectivity index (χ2n) is 5.23. The van der Waals surface area contributed by atoms with Crippen LogP contribution in [0.25, 0.3) is 0 Å². The molecule has 1 heterocycles. The Bertz CT molecular complexity index is 420. The van der Waals surface area contributed by atoms with Crippen LogP contribution in [-0.4, -0.2) is 24.7 Å². The van der Waals surface area contributed by atoms with Crippen molar-refractivity contribution in [1.29, 1.82) is 0 Å². The molecule has 1 rings (SSSR count). The van der Waals surface area contributed by atoms with Crippen LogP contribution in [0.2, 0.25) is 0 Å². The number of nitrogens with one attached hydrogen (secondary N) is 2. The van der Waals surface area contributed by atoms with Gasteiger partial charge in [0.15, 0.2) is 5.96 Å². The van der Waals surface area contributed by atoms with E-state index in [-0.39, 0.29) is 24.0 Å². The SMILES string of the molecule is CCc1noc(CC)c1CNC(=NC)NCC(CC)CC.I. The summed E-state index contributed by atoms with van der Waals surface area (Å²) >= 11 is 0. The normalized spacial score (nSPS) is 11.5. The van der Waals surface area contributed by atoms with E-state index in [1.807, 2.05) is 0 Å². The topological polar surface area (TPSA) is 62.5 Å². The maximum absolute atomic E-state index is 5.38. The fourth-order valence-electron chi connectivity index (χ4n) is 2.35. The van der Waals surface area contributed by atoms with Crippen LogP contribution in [0.3, 0.4) is 0 Å². The van der Waals surface area contributed by atoms with Gasteiger partial charge in [-0.1, -0.05) is 45.7 Å². The van der Waals surface area contributed by atoms with Crippen LogP contribution in [0.5, 0.6) is 0 Å². The number of hydrogen-bond donors (Lipinski definition) is 2. The Morgan fingerprint density at radius 3 is 2.32 bits per heavy atom. The Morgan fingerprint density at radius 2 is 1.82 bits per heavy atom. The number of aliphatic imine (C=N–C) groups is 1. The third-order valence-corrected chi connectivity index (χ3v) is 3.98. The standard InChI is InChI=1S/C16H30N4O.HI/c1-6-12(7-2)10-18-16(17-5)19-11-13-14(8-3)20-21-15(13)9-4;/h12H,6-11H2,1-5H3,(H2,17,18,19);1H. The van der Waals surface area contributed by atoms with Crippen molar-refractivity contribution in [1.82, 2.24) is 15.8 Å². The van der Waals surface area contributed by atoms with E-state index in [9.17, 15) is 0 Å². The van der Waals surface area contributed by atoms with Gasteiger partial charge in [0.1, 0.15) is 5.76 Å². The smallest absolute Gasteiger partial charge is 0.191 e. The largest absolute Gasteiger partial charge is 0.361 e. The molecule has 0 saturated carbocycles. The Hall–Kier alpha value is -0.790. The summed E-state index contributed by atoms with van der Waals surface area (Å²) in [6.45, 7) is 10.3. The van der Waals surface area contributed by atoms with Crippen molar-refractivity contribution >= 4 is 29.9 Å². The van der Waals surface area contributed by atoms with Gasteiger partial charge in [0.25, 0.3) is 0 Å². The summed E-state index contributed by atoms with van der Waals surface area (Å²) in [5.41, 5.74) is 2.21. The minimum absolute atomic E-state index is 0. The molecule has 1 aromatic rings. The van der Waals surface area contributed by atoms with Crippen LogP contribution in [-0.2, 0) is 19.4 Å². The molecule has 128 valence electrons. The summed E-state index contributed by atoms with van der Waals surface area (Å²) in [4.78, 5) is 4.28. The molecule has 22 heavy (non-hydrogen) atoms. The summed E-state index contributed by atoms with van der Waals surface area (Å²) in [7, 11) is 1.80. The number of halogens is 1. The highest BCUT2D eigenvalue weighted by Crippen LogP contribution is 2.15. The zero-order valence-electron chi connectivity index (χ0n) is 14.5. The molecule has 0 amide bonds. The zero-order chi connectivity index (χ0) is 15.7. The van der Waals surface area contributed by atoms with Gasteiger partial charge in [0.05, 0.1) is 5.69 Å². The van der Waals surface area contributed by atoms with E-state index in [0.717, 1.165) is 36.8 Å². The molecule has 0 fully saturated rings. The average Bonchev–Trinajstić information content (AvgIpc) is 2.93. The van der Waals surface area contributed by atoms with Crippen LogP contribution in [0.4, 0.5) is 0 Å². The number of hydrogen-bond acceptors (Lipinski definition) is 3. The average molecular weight is 422 g/mol. The van der Waals surface area contributed by atoms with Gasteiger partial charge in [-0.15, -0.1) is 24.0 Å². The van der Waals surface area contributed by atoms with Gasteiger partial charge in [-0.25, -0.2) is 0 Å². The van der Waals surface area contributed by atoms with E-state index in [1.165, 1.54) is 18.4 Å². The lowest BCUT2D eigenvalue weighted by molar-refractivity contribution is 0.380. The van der Waals surface area contributed by atoms with E-state index >= 15 is 0 Å². The van der Waals surface area contributed by atoms with Gasteiger partial charge in [0, 0.05) is 32.1 Å². The summed E-state index contributed by atoms with van der Waals surface area (Å²) in [6, 6.07) is 0. The molecule has 0 aliphatic carbocycles. The van der Waals surface area contributed by atoms with Crippen molar-refractivity contribution in [2.24, 2.45) is 10.9 Å². The Labute approximate surface area is 151 Å². The lowest BCUT2D eigenvalue weighted by atomic mass is 10.0. The molecular formula is C16H31IN4O. The van der Waals surface area contributed by atoms with Gasteiger partial charge >= 0.3 is 0 Å². The maximum Gasteiger partial charge on any atom is 0.191 e. The lowest BCUT2D eigenvalue weighted by Crippen LogP contribution is -2.39. The van der Waals surface area contributed by atoms with Gasteiger partial charge in [-0.05, 0) is 12.3 Å². The van der Waals surface area contributed by atoms with Crippen LogP contribution < -0.4 is 10.6 Å². The Morgan fingerprint density at radius 1 is 1.14 bits per heavy atom. The van der Waals surface area contributed by atoms with E-state index in [1.54, 1.807) is 7.05 Å². The van der Waals surface area contributed by atoms with Crippen molar-refractivity contribution in [2.75, 3.05) is 13.6 Å². The fraction of sp³-hybridized carbons (Fsp3) is 0.750. The monoisotopic (exact) mass is 422 g/mol. The first-order valence-corrected chi connectivity index (χ1v) is 8.10. The number of aromatic nitrogens is 1. The predicted octanol–water partition coefficient (Wildman–Crippen LogP) is 3.52. The summed E-state index contributed by atoms with van der Waals surface area (Å²) in [6.07, 6.45) is 4.13. The molecule has 0 spiro atoms. The molecule has 5 nitrogen and oxygen atoms in total. The van der Waals surface area contributed by atoms with Gasteiger partial charge in [-0.3, -0.25) is 4.99 Å². The summed E-state index contributed by atoms with van der Waals surface area (Å²) < 4.78 is 5.38. The van der Waals surface area contributed by atoms with Crippen molar-refractivity contribution in [3.63, 3.8) is 0 Å². The van der Waals surface area contributed by atoms with Crippen LogP contribution in [0.1, 0.15) is 57.6 Å². The van der Waals surface area contributed by atoms with Crippen LogP contribution in [0, 0.1) is 5.92 Å². The minimum Gasteiger partial charge on any atom is -0.361 e.